The average Bonchev–Trinajstić information content (AvgIpc) is 2.38. The van der Waals surface area contributed by atoms with E-state index in [2.05, 4.69) is 4.98 Å². The van der Waals surface area contributed by atoms with Gasteiger partial charge in [0.1, 0.15) is 5.52 Å². The molecule has 1 heterocycles. The van der Waals surface area contributed by atoms with E-state index in [4.69, 9.17) is 33.8 Å². The number of carbonyl (C=O) groups excluding carboxylic acids is 1. The Hall–Kier alpha value is -1.56. The second-order valence-electron chi connectivity index (χ2n) is 3.43. The van der Waals surface area contributed by atoms with Gasteiger partial charge in [0, 0.05) is 11.6 Å². The maximum atomic E-state index is 11.0. The summed E-state index contributed by atoms with van der Waals surface area (Å²) in [5.41, 5.74) is 2.46. The zero-order valence-electron chi connectivity index (χ0n) is 9.11. The van der Waals surface area contributed by atoms with Gasteiger partial charge < -0.3 is 4.74 Å². The molecular formula is C11H9Cl2N3O2. The maximum Gasteiger partial charge on any atom is 0.271 e. The third-order valence-corrected chi connectivity index (χ3v) is 2.85. The number of aromatic nitrogens is 1. The fourth-order valence-corrected chi connectivity index (χ4v) is 2.03. The van der Waals surface area contributed by atoms with Crippen molar-refractivity contribution in [1.29, 1.82) is 0 Å². The van der Waals surface area contributed by atoms with Gasteiger partial charge in [-0.2, -0.15) is 0 Å². The van der Waals surface area contributed by atoms with E-state index in [1.54, 1.807) is 24.4 Å². The number of pyridine rings is 1. The molecule has 2 rings (SSSR count). The quantitative estimate of drug-likeness (QED) is 0.513. The van der Waals surface area contributed by atoms with Crippen LogP contribution < -0.4 is 16.0 Å². The Kier molecular flexibility index (Phi) is 3.86. The largest absolute Gasteiger partial charge is 0.480 e. The Morgan fingerprint density at radius 3 is 2.94 bits per heavy atom. The van der Waals surface area contributed by atoms with Crippen molar-refractivity contribution in [2.45, 2.75) is 0 Å². The standard InChI is InChI=1S/C11H9Cl2N3O2/c12-7-4-8(13)11(18-5-9(17)16-14)10-6(7)2-1-3-15-10/h1-4H,5,14H2,(H,16,17). The van der Waals surface area contributed by atoms with Crippen LogP contribution in [0.3, 0.4) is 0 Å². The Morgan fingerprint density at radius 2 is 2.22 bits per heavy atom. The van der Waals surface area contributed by atoms with Gasteiger partial charge in [0.05, 0.1) is 10.0 Å². The van der Waals surface area contributed by atoms with Crippen molar-refractivity contribution < 1.29 is 9.53 Å². The van der Waals surface area contributed by atoms with E-state index in [0.717, 1.165) is 0 Å². The van der Waals surface area contributed by atoms with E-state index in [0.29, 0.717) is 21.7 Å². The molecule has 18 heavy (non-hydrogen) atoms. The summed E-state index contributed by atoms with van der Waals surface area (Å²) in [4.78, 5) is 15.2. The van der Waals surface area contributed by atoms with E-state index in [1.165, 1.54) is 0 Å². The molecule has 0 saturated heterocycles. The van der Waals surface area contributed by atoms with Crippen LogP contribution in [-0.2, 0) is 4.79 Å². The second kappa shape index (κ2) is 5.39. The van der Waals surface area contributed by atoms with E-state index in [1.807, 2.05) is 5.43 Å². The molecule has 94 valence electrons. The molecule has 0 aliphatic rings. The Bertz CT molecular complexity index is 604. The third-order valence-electron chi connectivity index (χ3n) is 2.26. The highest BCUT2D eigenvalue weighted by Gasteiger charge is 2.13. The average molecular weight is 286 g/mol. The van der Waals surface area contributed by atoms with Crippen molar-refractivity contribution in [3.8, 4) is 5.75 Å². The number of nitrogens with one attached hydrogen (secondary N) is 1. The molecule has 0 aliphatic carbocycles. The number of ether oxygens (including phenoxy) is 1. The van der Waals surface area contributed by atoms with Crippen LogP contribution in [0.4, 0.5) is 0 Å². The van der Waals surface area contributed by atoms with Crippen molar-refractivity contribution in [3.63, 3.8) is 0 Å². The van der Waals surface area contributed by atoms with Gasteiger partial charge in [-0.15, -0.1) is 0 Å². The zero-order chi connectivity index (χ0) is 13.1. The molecule has 0 atom stereocenters. The Balaban J connectivity index is 2.46. The van der Waals surface area contributed by atoms with Gasteiger partial charge in [-0.1, -0.05) is 23.2 Å². The molecule has 1 aromatic carbocycles. The highest BCUT2D eigenvalue weighted by molar-refractivity contribution is 6.39. The SMILES string of the molecule is NNC(=O)COc1c(Cl)cc(Cl)c2cccnc12. The fraction of sp³-hybridized carbons (Fsp3) is 0.0909. The van der Waals surface area contributed by atoms with E-state index < -0.39 is 5.91 Å². The number of amides is 1. The van der Waals surface area contributed by atoms with Crippen LogP contribution in [0, 0.1) is 0 Å². The molecule has 0 bridgehead atoms. The summed E-state index contributed by atoms with van der Waals surface area (Å²) in [6.45, 7) is -0.247. The van der Waals surface area contributed by atoms with Crippen LogP contribution in [0.25, 0.3) is 10.9 Å². The topological polar surface area (TPSA) is 77.2 Å². The van der Waals surface area contributed by atoms with Crippen LogP contribution >= 0.6 is 23.2 Å². The van der Waals surface area contributed by atoms with Gasteiger partial charge >= 0.3 is 0 Å². The minimum absolute atomic E-state index is 0.247. The molecule has 5 nitrogen and oxygen atoms in total. The molecule has 0 saturated carbocycles. The molecule has 0 unspecified atom stereocenters. The number of hydrazine groups is 1. The summed E-state index contributed by atoms with van der Waals surface area (Å²) in [5.74, 6) is 4.80. The van der Waals surface area contributed by atoms with Crippen molar-refractivity contribution >= 4 is 40.0 Å². The predicted octanol–water partition coefficient (Wildman–Crippen LogP) is 1.91. The number of benzene rings is 1. The molecular weight excluding hydrogens is 277 g/mol. The summed E-state index contributed by atoms with van der Waals surface area (Å²) in [5, 5.41) is 1.46. The van der Waals surface area contributed by atoms with Gasteiger partial charge in [-0.3, -0.25) is 15.2 Å². The molecule has 3 N–H and O–H groups in total. The molecule has 1 amide bonds. The number of nitrogens with two attached hydrogens (primary N) is 1. The highest BCUT2D eigenvalue weighted by atomic mass is 35.5. The summed E-state index contributed by atoms with van der Waals surface area (Å²) in [7, 11) is 0. The molecule has 0 fully saturated rings. The van der Waals surface area contributed by atoms with Crippen LogP contribution in [-0.4, -0.2) is 17.5 Å². The van der Waals surface area contributed by atoms with Gasteiger partial charge in [-0.25, -0.2) is 5.84 Å². The first-order valence-corrected chi connectivity index (χ1v) is 5.74. The van der Waals surface area contributed by atoms with Crippen molar-refractivity contribution in [1.82, 2.24) is 10.4 Å². The minimum atomic E-state index is -0.468. The van der Waals surface area contributed by atoms with Crippen LogP contribution in [0.15, 0.2) is 24.4 Å². The maximum absolute atomic E-state index is 11.0. The first-order valence-electron chi connectivity index (χ1n) is 4.98. The fourth-order valence-electron chi connectivity index (χ4n) is 1.46. The summed E-state index contributed by atoms with van der Waals surface area (Å²) in [6, 6.07) is 5.08. The normalized spacial score (nSPS) is 10.4. The molecule has 0 spiro atoms. The van der Waals surface area contributed by atoms with E-state index in [-0.39, 0.29) is 11.6 Å². The van der Waals surface area contributed by atoms with E-state index in [9.17, 15) is 4.79 Å². The molecule has 7 heteroatoms. The van der Waals surface area contributed by atoms with Crippen LogP contribution in [0.1, 0.15) is 0 Å². The van der Waals surface area contributed by atoms with Crippen LogP contribution in [0.5, 0.6) is 5.75 Å². The van der Waals surface area contributed by atoms with Gasteiger partial charge in [0.2, 0.25) is 0 Å². The number of fused-ring (bicyclic) bond motifs is 1. The summed E-state index contributed by atoms with van der Waals surface area (Å²) in [6.07, 6.45) is 1.59. The number of nitrogens with zero attached hydrogens (tertiary/aromatic N) is 1. The summed E-state index contributed by atoms with van der Waals surface area (Å²) < 4.78 is 5.31. The number of hydrogen-bond donors (Lipinski definition) is 2. The van der Waals surface area contributed by atoms with Gasteiger partial charge in [0.25, 0.3) is 5.91 Å². The second-order valence-corrected chi connectivity index (χ2v) is 4.24. The van der Waals surface area contributed by atoms with E-state index >= 15 is 0 Å². The van der Waals surface area contributed by atoms with Gasteiger partial charge in [0.15, 0.2) is 12.4 Å². The first kappa shape index (κ1) is 12.9. The lowest BCUT2D eigenvalue weighted by atomic mass is 10.2. The van der Waals surface area contributed by atoms with Crippen LogP contribution in [0.2, 0.25) is 10.0 Å². The lowest BCUT2D eigenvalue weighted by Crippen LogP contribution is -2.34. The number of carbonyl (C=O) groups is 1. The minimum Gasteiger partial charge on any atom is -0.480 e. The number of halogens is 2. The van der Waals surface area contributed by atoms with Crippen molar-refractivity contribution in [3.05, 3.63) is 34.4 Å². The predicted molar refractivity (Wildman–Crippen MR) is 69.6 cm³/mol. The van der Waals surface area contributed by atoms with Gasteiger partial charge in [-0.05, 0) is 18.2 Å². The third kappa shape index (κ3) is 2.48. The molecule has 1 aromatic heterocycles. The Morgan fingerprint density at radius 1 is 1.44 bits per heavy atom. The molecule has 0 radical (unpaired) electrons. The monoisotopic (exact) mass is 285 g/mol. The molecule has 0 aliphatic heterocycles. The first-order chi connectivity index (χ1) is 8.63. The lowest BCUT2D eigenvalue weighted by molar-refractivity contribution is -0.123. The highest BCUT2D eigenvalue weighted by Crippen LogP contribution is 2.36. The number of rotatable bonds is 3. The smallest absolute Gasteiger partial charge is 0.271 e. The molecule has 2 aromatic rings. The number of hydrogen-bond acceptors (Lipinski definition) is 4. The summed E-state index contributed by atoms with van der Waals surface area (Å²) >= 11 is 12.1. The lowest BCUT2D eigenvalue weighted by Gasteiger charge is -2.10. The van der Waals surface area contributed by atoms with Crippen molar-refractivity contribution in [2.24, 2.45) is 5.84 Å². The Labute approximate surface area is 113 Å². The zero-order valence-corrected chi connectivity index (χ0v) is 10.6. The van der Waals surface area contributed by atoms with Crippen molar-refractivity contribution in [2.75, 3.05) is 6.61 Å².